The van der Waals surface area contributed by atoms with Gasteiger partial charge in [0.2, 0.25) is 0 Å². The first kappa shape index (κ1) is 19.9. The Morgan fingerprint density at radius 1 is 0.933 bits per heavy atom. The summed E-state index contributed by atoms with van der Waals surface area (Å²) in [7, 11) is -4.69. The topological polar surface area (TPSA) is 63.5 Å². The summed E-state index contributed by atoms with van der Waals surface area (Å²) >= 11 is 0. The van der Waals surface area contributed by atoms with Crippen LogP contribution < -0.4 is 4.72 Å². The van der Waals surface area contributed by atoms with Gasteiger partial charge in [0.15, 0.2) is 0 Å². The summed E-state index contributed by atoms with van der Waals surface area (Å²) in [6.07, 6.45) is -2.15. The predicted octanol–water partition coefficient (Wildman–Crippen LogP) is 4.96. The minimum Gasteiger partial charge on any atom is -0.276 e. The zero-order valence-electron chi connectivity index (χ0n) is 15.1. The summed E-state index contributed by atoms with van der Waals surface area (Å²) in [4.78, 5) is -0.945. The summed E-state index contributed by atoms with van der Waals surface area (Å²) < 4.78 is 84.3. The molecule has 0 saturated carbocycles. The standard InChI is InChI=1S/C20H13F4N3O2S/c21-14-9-7-13(8-10-14)15-4-3-5-16(20(22,23)24)19(15)30(28,29)26-17-12-25-27-11-2-1-6-18(17)27/h1-12,26H. The van der Waals surface area contributed by atoms with Crippen molar-refractivity contribution in [3.8, 4) is 11.1 Å². The first-order valence-corrected chi connectivity index (χ1v) is 10.1. The number of nitrogens with zero attached hydrogens (tertiary/aromatic N) is 2. The van der Waals surface area contributed by atoms with E-state index in [0.717, 1.165) is 18.2 Å². The molecule has 1 N–H and O–H groups in total. The maximum atomic E-state index is 13.7. The van der Waals surface area contributed by atoms with E-state index in [2.05, 4.69) is 9.82 Å². The van der Waals surface area contributed by atoms with E-state index in [0.29, 0.717) is 11.6 Å². The molecule has 4 rings (SSSR count). The highest BCUT2D eigenvalue weighted by atomic mass is 32.2. The van der Waals surface area contributed by atoms with Crippen molar-refractivity contribution < 1.29 is 26.0 Å². The van der Waals surface area contributed by atoms with Crippen LogP contribution in [0.15, 0.2) is 78.0 Å². The first-order valence-electron chi connectivity index (χ1n) is 8.58. The van der Waals surface area contributed by atoms with Crippen LogP contribution in [0.1, 0.15) is 5.56 Å². The molecule has 30 heavy (non-hydrogen) atoms. The maximum absolute atomic E-state index is 13.7. The second-order valence-electron chi connectivity index (χ2n) is 6.38. The molecule has 0 aliphatic carbocycles. The van der Waals surface area contributed by atoms with Gasteiger partial charge in [-0.2, -0.15) is 18.3 Å². The number of rotatable bonds is 4. The predicted molar refractivity (Wildman–Crippen MR) is 103 cm³/mol. The second kappa shape index (κ2) is 7.13. The van der Waals surface area contributed by atoms with Crippen LogP contribution in [0.4, 0.5) is 23.2 Å². The summed E-state index contributed by atoms with van der Waals surface area (Å²) in [5.41, 5.74) is -1.00. The van der Waals surface area contributed by atoms with Gasteiger partial charge in [-0.1, -0.05) is 30.3 Å². The highest BCUT2D eigenvalue weighted by molar-refractivity contribution is 7.93. The zero-order chi connectivity index (χ0) is 21.5. The third kappa shape index (κ3) is 3.61. The number of halogens is 4. The van der Waals surface area contributed by atoms with Gasteiger partial charge in [0, 0.05) is 11.8 Å². The minimum atomic E-state index is -4.93. The number of alkyl halides is 3. The van der Waals surface area contributed by atoms with E-state index < -0.39 is 32.5 Å². The van der Waals surface area contributed by atoms with Crippen LogP contribution in [0.2, 0.25) is 0 Å². The Hall–Kier alpha value is -3.40. The van der Waals surface area contributed by atoms with Crippen molar-refractivity contribution in [3.63, 3.8) is 0 Å². The van der Waals surface area contributed by atoms with Crippen molar-refractivity contribution in [2.45, 2.75) is 11.1 Å². The molecule has 0 atom stereocenters. The van der Waals surface area contributed by atoms with E-state index in [1.54, 1.807) is 24.4 Å². The number of benzene rings is 2. The summed E-state index contributed by atoms with van der Waals surface area (Å²) in [5.74, 6) is -0.598. The van der Waals surface area contributed by atoms with Crippen LogP contribution in [-0.4, -0.2) is 18.0 Å². The molecule has 0 unspecified atom stereocenters. The van der Waals surface area contributed by atoms with Crippen molar-refractivity contribution in [1.29, 1.82) is 0 Å². The Kier molecular flexibility index (Phi) is 4.73. The van der Waals surface area contributed by atoms with E-state index in [1.165, 1.54) is 28.9 Å². The van der Waals surface area contributed by atoms with Gasteiger partial charge in [-0.05, 0) is 35.9 Å². The highest BCUT2D eigenvalue weighted by Gasteiger charge is 2.39. The molecule has 0 aliphatic rings. The minimum absolute atomic E-state index is 0.0256. The molecular formula is C20H13F4N3O2S. The Balaban J connectivity index is 1.92. The fraction of sp³-hybridized carbons (Fsp3) is 0.0500. The van der Waals surface area contributed by atoms with Crippen LogP contribution in [0.25, 0.3) is 16.6 Å². The Labute approximate surface area is 168 Å². The molecule has 0 amide bonds. The molecule has 4 aromatic rings. The monoisotopic (exact) mass is 435 g/mol. The zero-order valence-corrected chi connectivity index (χ0v) is 15.9. The maximum Gasteiger partial charge on any atom is 0.417 e. The van der Waals surface area contributed by atoms with E-state index in [9.17, 15) is 26.0 Å². The number of fused-ring (bicyclic) bond motifs is 1. The van der Waals surface area contributed by atoms with Crippen LogP contribution in [-0.2, 0) is 16.2 Å². The van der Waals surface area contributed by atoms with Gasteiger partial charge in [-0.25, -0.2) is 17.3 Å². The van der Waals surface area contributed by atoms with E-state index in [4.69, 9.17) is 0 Å². The average Bonchev–Trinajstić information content (AvgIpc) is 3.10. The molecule has 5 nitrogen and oxygen atoms in total. The molecule has 0 radical (unpaired) electrons. The van der Waals surface area contributed by atoms with Gasteiger partial charge in [-0.3, -0.25) is 4.72 Å². The van der Waals surface area contributed by atoms with Gasteiger partial charge < -0.3 is 0 Å². The SMILES string of the molecule is O=S(=O)(Nc1cnn2ccccc12)c1c(-c2ccc(F)cc2)cccc1C(F)(F)F. The third-order valence-corrected chi connectivity index (χ3v) is 5.88. The number of anilines is 1. The molecular weight excluding hydrogens is 422 g/mol. The molecule has 0 spiro atoms. The van der Waals surface area contributed by atoms with Crippen molar-refractivity contribution in [1.82, 2.24) is 9.61 Å². The lowest BCUT2D eigenvalue weighted by atomic mass is 10.0. The van der Waals surface area contributed by atoms with Crippen molar-refractivity contribution in [3.05, 3.63) is 84.4 Å². The first-order chi connectivity index (χ1) is 14.2. The van der Waals surface area contributed by atoms with Crippen molar-refractivity contribution in [2.75, 3.05) is 4.72 Å². The number of aromatic nitrogens is 2. The van der Waals surface area contributed by atoms with Crippen LogP contribution in [0, 0.1) is 5.82 Å². The van der Waals surface area contributed by atoms with Gasteiger partial charge in [-0.15, -0.1) is 0 Å². The third-order valence-electron chi connectivity index (χ3n) is 4.42. The van der Waals surface area contributed by atoms with Crippen LogP contribution in [0.3, 0.4) is 0 Å². The largest absolute Gasteiger partial charge is 0.417 e. The number of hydrogen-bond acceptors (Lipinski definition) is 3. The molecule has 154 valence electrons. The van der Waals surface area contributed by atoms with Crippen molar-refractivity contribution >= 4 is 21.2 Å². The lowest BCUT2D eigenvalue weighted by Gasteiger charge is -2.18. The molecule has 10 heteroatoms. The fourth-order valence-corrected chi connectivity index (χ4v) is 4.61. The quantitative estimate of drug-likeness (QED) is 0.461. The summed E-state index contributed by atoms with van der Waals surface area (Å²) in [6.45, 7) is 0. The Bertz CT molecular complexity index is 1330. The van der Waals surface area contributed by atoms with E-state index >= 15 is 0 Å². The molecule has 0 fully saturated rings. The van der Waals surface area contributed by atoms with Gasteiger partial charge in [0.05, 0.1) is 23.0 Å². The van der Waals surface area contributed by atoms with Crippen molar-refractivity contribution in [2.24, 2.45) is 0 Å². The number of sulfonamides is 1. The Morgan fingerprint density at radius 3 is 2.37 bits per heavy atom. The lowest BCUT2D eigenvalue weighted by Crippen LogP contribution is -2.20. The summed E-state index contributed by atoms with van der Waals surface area (Å²) in [5, 5.41) is 3.98. The summed E-state index contributed by atoms with van der Waals surface area (Å²) in [6, 6.07) is 12.5. The van der Waals surface area contributed by atoms with Crippen LogP contribution in [0.5, 0.6) is 0 Å². The second-order valence-corrected chi connectivity index (χ2v) is 8.00. The normalized spacial score (nSPS) is 12.3. The van der Waals surface area contributed by atoms with Crippen LogP contribution >= 0.6 is 0 Å². The average molecular weight is 435 g/mol. The number of nitrogens with one attached hydrogen (secondary N) is 1. The lowest BCUT2D eigenvalue weighted by molar-refractivity contribution is -0.139. The fourth-order valence-electron chi connectivity index (χ4n) is 3.12. The molecule has 0 aliphatic heterocycles. The van der Waals surface area contributed by atoms with Gasteiger partial charge in [0.1, 0.15) is 10.7 Å². The van der Waals surface area contributed by atoms with E-state index in [-0.39, 0.29) is 16.8 Å². The molecule has 0 bridgehead atoms. The highest BCUT2D eigenvalue weighted by Crippen LogP contribution is 2.40. The Morgan fingerprint density at radius 2 is 1.67 bits per heavy atom. The number of pyridine rings is 1. The van der Waals surface area contributed by atoms with Gasteiger partial charge >= 0.3 is 6.18 Å². The molecule has 2 aromatic carbocycles. The van der Waals surface area contributed by atoms with Gasteiger partial charge in [0.25, 0.3) is 10.0 Å². The molecule has 2 aromatic heterocycles. The van der Waals surface area contributed by atoms with E-state index in [1.807, 2.05) is 0 Å². The number of hydrogen-bond donors (Lipinski definition) is 1. The smallest absolute Gasteiger partial charge is 0.276 e. The molecule has 2 heterocycles. The molecule has 0 saturated heterocycles.